The summed E-state index contributed by atoms with van der Waals surface area (Å²) in [6.45, 7) is 3.80. The Bertz CT molecular complexity index is 1550. The molecule has 1 aromatic heterocycles. The van der Waals surface area contributed by atoms with Crippen LogP contribution in [0.4, 0.5) is 15.8 Å². The van der Waals surface area contributed by atoms with Crippen LogP contribution >= 0.6 is 11.6 Å². The number of benzene rings is 3. The third kappa shape index (κ3) is 5.08. The number of hydrogen-bond acceptors (Lipinski definition) is 3. The summed E-state index contributed by atoms with van der Waals surface area (Å²) in [7, 11) is 4.09. The quantitative estimate of drug-likeness (QED) is 0.338. The van der Waals surface area contributed by atoms with Gasteiger partial charge in [0.15, 0.2) is 0 Å². The highest BCUT2D eigenvalue weighted by atomic mass is 35.5. The van der Waals surface area contributed by atoms with Crippen LogP contribution in [0.5, 0.6) is 0 Å². The SMILES string of the molecule is Cc1cc(NC(=O)c2ccc(F)cc2Cl)ccc1C(=O)N1Cc2ccc(CN(C)C)n2Cc2ccccc21. The van der Waals surface area contributed by atoms with E-state index in [1.165, 1.54) is 17.8 Å². The lowest BCUT2D eigenvalue weighted by molar-refractivity contribution is 0.0983. The van der Waals surface area contributed by atoms with Gasteiger partial charge in [-0.05, 0) is 86.7 Å². The van der Waals surface area contributed by atoms with E-state index in [0.29, 0.717) is 24.3 Å². The molecule has 4 aromatic rings. The predicted octanol–water partition coefficient (Wildman–Crippen LogP) is 6.11. The molecule has 1 aliphatic heterocycles. The smallest absolute Gasteiger partial charge is 0.258 e. The number of amides is 2. The second kappa shape index (κ2) is 10.4. The van der Waals surface area contributed by atoms with E-state index in [-0.39, 0.29) is 16.5 Å². The standard InChI is InChI=1S/C30H28ClFN4O2/c1-19-14-22(33-29(37)26-12-8-21(32)15-27(26)31)9-13-25(19)30(38)36-18-24-11-10-23(17-34(2)3)35(24)16-20-6-4-5-7-28(20)36/h4-15H,16-18H2,1-3H3,(H,33,37). The van der Waals surface area contributed by atoms with E-state index in [1.807, 2.05) is 44.1 Å². The van der Waals surface area contributed by atoms with Crippen LogP contribution in [0.25, 0.3) is 0 Å². The molecule has 5 rings (SSSR count). The van der Waals surface area contributed by atoms with Gasteiger partial charge in [-0.15, -0.1) is 0 Å². The Morgan fingerprint density at radius 2 is 1.74 bits per heavy atom. The van der Waals surface area contributed by atoms with Crippen LogP contribution in [-0.2, 0) is 19.6 Å². The number of halogens is 2. The van der Waals surface area contributed by atoms with Gasteiger partial charge in [0.25, 0.3) is 11.8 Å². The minimum absolute atomic E-state index is 0.0318. The van der Waals surface area contributed by atoms with E-state index in [0.717, 1.165) is 35.1 Å². The molecular formula is C30H28ClFN4O2. The Morgan fingerprint density at radius 3 is 2.47 bits per heavy atom. The predicted molar refractivity (Wildman–Crippen MR) is 148 cm³/mol. The Balaban J connectivity index is 1.43. The maximum absolute atomic E-state index is 13.9. The molecule has 0 fully saturated rings. The average molecular weight is 531 g/mol. The molecule has 38 heavy (non-hydrogen) atoms. The third-order valence-electron chi connectivity index (χ3n) is 6.71. The van der Waals surface area contributed by atoms with Gasteiger partial charge in [-0.2, -0.15) is 0 Å². The van der Waals surface area contributed by atoms with E-state index in [1.54, 1.807) is 18.2 Å². The molecular weight excluding hydrogens is 503 g/mol. The van der Waals surface area contributed by atoms with Crippen LogP contribution in [0.15, 0.2) is 72.8 Å². The highest BCUT2D eigenvalue weighted by Gasteiger charge is 2.27. The zero-order valence-electron chi connectivity index (χ0n) is 21.5. The maximum Gasteiger partial charge on any atom is 0.258 e. The Kier molecular flexibility index (Phi) is 7.06. The molecule has 0 aliphatic carbocycles. The molecule has 6 nitrogen and oxygen atoms in total. The summed E-state index contributed by atoms with van der Waals surface area (Å²) in [5.74, 6) is -1.08. The third-order valence-corrected chi connectivity index (χ3v) is 7.02. The number of rotatable bonds is 5. The number of aromatic nitrogens is 1. The molecule has 3 aromatic carbocycles. The summed E-state index contributed by atoms with van der Waals surface area (Å²) in [6.07, 6.45) is 0. The molecule has 8 heteroatoms. The Labute approximate surface area is 226 Å². The fourth-order valence-corrected chi connectivity index (χ4v) is 5.12. The number of nitrogens with one attached hydrogen (secondary N) is 1. The summed E-state index contributed by atoms with van der Waals surface area (Å²) >= 11 is 6.04. The van der Waals surface area contributed by atoms with Crippen molar-refractivity contribution in [3.63, 3.8) is 0 Å². The van der Waals surface area contributed by atoms with Crippen molar-refractivity contribution in [3.05, 3.63) is 117 Å². The second-order valence-electron chi connectivity index (χ2n) is 9.77. The summed E-state index contributed by atoms with van der Waals surface area (Å²) < 4.78 is 15.7. The normalized spacial score (nSPS) is 12.6. The van der Waals surface area contributed by atoms with Crippen molar-refractivity contribution in [2.45, 2.75) is 26.6 Å². The molecule has 2 heterocycles. The molecule has 0 unspecified atom stereocenters. The number of carbonyl (C=O) groups excluding carboxylic acids is 2. The maximum atomic E-state index is 13.9. The van der Waals surface area contributed by atoms with E-state index in [2.05, 4.69) is 33.0 Å². The van der Waals surface area contributed by atoms with Crippen molar-refractivity contribution in [3.8, 4) is 0 Å². The molecule has 0 bridgehead atoms. The Morgan fingerprint density at radius 1 is 0.974 bits per heavy atom. The molecule has 1 N–H and O–H groups in total. The number of hydrogen-bond donors (Lipinski definition) is 1. The molecule has 0 saturated heterocycles. The van der Waals surface area contributed by atoms with E-state index >= 15 is 0 Å². The van der Waals surface area contributed by atoms with Gasteiger partial charge in [-0.25, -0.2) is 4.39 Å². The van der Waals surface area contributed by atoms with E-state index in [9.17, 15) is 14.0 Å². The monoisotopic (exact) mass is 530 g/mol. The molecule has 2 amide bonds. The number of carbonyl (C=O) groups is 2. The van der Waals surface area contributed by atoms with Gasteiger partial charge in [0.2, 0.25) is 0 Å². The van der Waals surface area contributed by atoms with Gasteiger partial charge >= 0.3 is 0 Å². The highest BCUT2D eigenvalue weighted by molar-refractivity contribution is 6.34. The molecule has 194 valence electrons. The topological polar surface area (TPSA) is 57.6 Å². The fraction of sp³-hybridized carbons (Fsp3) is 0.200. The van der Waals surface area contributed by atoms with Gasteiger partial charge in [-0.3, -0.25) is 9.59 Å². The van der Waals surface area contributed by atoms with Crippen LogP contribution in [-0.4, -0.2) is 35.4 Å². The lowest BCUT2D eigenvalue weighted by Gasteiger charge is -2.24. The largest absolute Gasteiger partial charge is 0.341 e. The van der Waals surface area contributed by atoms with Gasteiger partial charge in [0.1, 0.15) is 5.82 Å². The number of nitrogens with zero attached hydrogens (tertiary/aromatic N) is 3. The van der Waals surface area contributed by atoms with Gasteiger partial charge in [0, 0.05) is 41.4 Å². The lowest BCUT2D eigenvalue weighted by Crippen LogP contribution is -2.31. The second-order valence-corrected chi connectivity index (χ2v) is 10.2. The van der Waals surface area contributed by atoms with Crippen LogP contribution in [0, 0.1) is 12.7 Å². The number of fused-ring (bicyclic) bond motifs is 2. The average Bonchev–Trinajstić information content (AvgIpc) is 3.13. The summed E-state index contributed by atoms with van der Waals surface area (Å²) in [5.41, 5.74) is 6.20. The highest BCUT2D eigenvalue weighted by Crippen LogP contribution is 2.31. The van der Waals surface area contributed by atoms with Crippen molar-refractivity contribution >= 4 is 34.8 Å². The Hall–Kier alpha value is -3.94. The zero-order chi connectivity index (χ0) is 27.0. The van der Waals surface area contributed by atoms with E-state index in [4.69, 9.17) is 11.6 Å². The molecule has 0 radical (unpaired) electrons. The van der Waals surface area contributed by atoms with Gasteiger partial charge in [0.05, 0.1) is 17.1 Å². The first-order valence-electron chi connectivity index (χ1n) is 12.3. The van der Waals surface area contributed by atoms with Crippen LogP contribution < -0.4 is 10.2 Å². The van der Waals surface area contributed by atoms with Crippen LogP contribution in [0.2, 0.25) is 5.02 Å². The minimum atomic E-state index is -0.512. The van der Waals surface area contributed by atoms with Crippen molar-refractivity contribution < 1.29 is 14.0 Å². The van der Waals surface area contributed by atoms with Crippen molar-refractivity contribution in [1.82, 2.24) is 9.47 Å². The zero-order valence-corrected chi connectivity index (χ0v) is 22.2. The molecule has 0 saturated carbocycles. The van der Waals surface area contributed by atoms with Crippen LogP contribution in [0.1, 0.15) is 43.2 Å². The van der Waals surface area contributed by atoms with Crippen molar-refractivity contribution in [2.75, 3.05) is 24.3 Å². The van der Waals surface area contributed by atoms with Crippen molar-refractivity contribution in [1.29, 1.82) is 0 Å². The number of anilines is 2. The molecule has 1 aliphatic rings. The fourth-order valence-electron chi connectivity index (χ4n) is 4.87. The summed E-state index contributed by atoms with van der Waals surface area (Å²) in [6, 6.07) is 21.0. The first-order valence-corrected chi connectivity index (χ1v) is 12.7. The molecule has 0 atom stereocenters. The van der Waals surface area contributed by atoms with Crippen molar-refractivity contribution in [2.24, 2.45) is 0 Å². The summed E-state index contributed by atoms with van der Waals surface area (Å²) in [5, 5.41) is 2.82. The molecule has 0 spiro atoms. The lowest BCUT2D eigenvalue weighted by atomic mass is 10.0. The first-order chi connectivity index (χ1) is 18.2. The van der Waals surface area contributed by atoms with Gasteiger partial charge in [-0.1, -0.05) is 29.8 Å². The number of para-hydroxylation sites is 1. The summed E-state index contributed by atoms with van der Waals surface area (Å²) in [4.78, 5) is 30.6. The minimum Gasteiger partial charge on any atom is -0.341 e. The number of aryl methyl sites for hydroxylation is 1. The van der Waals surface area contributed by atoms with E-state index < -0.39 is 11.7 Å². The first kappa shape index (κ1) is 25.7. The van der Waals surface area contributed by atoms with Gasteiger partial charge < -0.3 is 19.7 Å². The van der Waals surface area contributed by atoms with Crippen LogP contribution in [0.3, 0.4) is 0 Å².